The summed E-state index contributed by atoms with van der Waals surface area (Å²) in [5.41, 5.74) is 2.56. The van der Waals surface area contributed by atoms with Gasteiger partial charge in [-0.1, -0.05) is 45.2 Å². The summed E-state index contributed by atoms with van der Waals surface area (Å²) in [4.78, 5) is 0. The highest BCUT2D eigenvalue weighted by atomic mass is 127. The van der Waals surface area contributed by atoms with Gasteiger partial charge in [-0.05, 0) is 58.0 Å². The molecular weight excluding hydrogens is 684 g/mol. The third kappa shape index (κ3) is 3.89. The average molecular weight is 698 g/mol. The number of methoxy groups -OCH3 is 2. The van der Waals surface area contributed by atoms with Crippen LogP contribution >= 0.6 is 90.4 Å². The van der Waals surface area contributed by atoms with Gasteiger partial charge in [0.25, 0.3) is 0 Å². The van der Waals surface area contributed by atoms with Crippen LogP contribution in [0.25, 0.3) is 0 Å². The van der Waals surface area contributed by atoms with E-state index in [0.29, 0.717) is 0 Å². The van der Waals surface area contributed by atoms with E-state index in [1.165, 1.54) is 18.3 Å². The van der Waals surface area contributed by atoms with Gasteiger partial charge in [0, 0.05) is 20.0 Å². The number of benzene rings is 1. The summed E-state index contributed by atoms with van der Waals surface area (Å²) in [6.07, 6.45) is 2.03. The molecule has 102 valence electrons. The zero-order valence-corrected chi connectivity index (χ0v) is 18.8. The number of ether oxygens (including phenoxy) is 2. The summed E-state index contributed by atoms with van der Waals surface area (Å²) in [6.45, 7) is 0. The second-order valence-electron chi connectivity index (χ2n) is 3.53. The van der Waals surface area contributed by atoms with Gasteiger partial charge in [0.2, 0.25) is 0 Å². The lowest BCUT2D eigenvalue weighted by Crippen LogP contribution is -2.07. The van der Waals surface area contributed by atoms with Crippen LogP contribution in [0.2, 0.25) is 0 Å². The van der Waals surface area contributed by atoms with E-state index in [1.54, 1.807) is 14.2 Å². The molecule has 0 saturated carbocycles. The molecule has 0 aromatic heterocycles. The van der Waals surface area contributed by atoms with Crippen molar-refractivity contribution in [1.82, 2.24) is 0 Å². The summed E-state index contributed by atoms with van der Waals surface area (Å²) in [5.74, 6) is 2.05. The molecule has 0 atom stereocenters. The number of hydrogen-bond donors (Lipinski definition) is 0. The van der Waals surface area contributed by atoms with Crippen LogP contribution in [0.5, 0.6) is 11.5 Å². The van der Waals surface area contributed by atoms with Crippen molar-refractivity contribution in [1.29, 1.82) is 0 Å². The van der Waals surface area contributed by atoms with E-state index in [-0.39, 0.29) is 0 Å². The van der Waals surface area contributed by atoms with E-state index in [2.05, 4.69) is 90.4 Å². The quantitative estimate of drug-likeness (QED) is 0.313. The molecule has 6 heteroatoms. The first-order valence-corrected chi connectivity index (χ1v) is 10.6. The fraction of sp³-hybridized carbons (Fsp3) is 0.500. The number of rotatable bonds is 6. The third-order valence-corrected chi connectivity index (χ3v) is 5.93. The molecule has 0 aliphatic rings. The SMILES string of the molecule is COc1c(I)c(CCI)c(OC)c(CCI)c1I. The smallest absolute Gasteiger partial charge is 0.146 e. The average Bonchev–Trinajstić information content (AvgIpc) is 2.36. The lowest BCUT2D eigenvalue weighted by atomic mass is 10.0. The van der Waals surface area contributed by atoms with Crippen molar-refractivity contribution in [2.75, 3.05) is 23.1 Å². The molecule has 1 aromatic carbocycles. The van der Waals surface area contributed by atoms with Crippen molar-refractivity contribution in [3.05, 3.63) is 18.3 Å². The Bertz CT molecular complexity index is 388. The van der Waals surface area contributed by atoms with Crippen LogP contribution in [0.4, 0.5) is 0 Å². The van der Waals surface area contributed by atoms with Gasteiger partial charge in [-0.25, -0.2) is 0 Å². The first kappa shape index (κ1) is 17.8. The van der Waals surface area contributed by atoms with Crippen molar-refractivity contribution in [3.8, 4) is 11.5 Å². The van der Waals surface area contributed by atoms with E-state index in [0.717, 1.165) is 33.2 Å². The summed E-state index contributed by atoms with van der Waals surface area (Å²) in [6, 6.07) is 0. The van der Waals surface area contributed by atoms with Gasteiger partial charge < -0.3 is 9.47 Å². The summed E-state index contributed by atoms with van der Waals surface area (Å²) >= 11 is 9.54. The van der Waals surface area contributed by atoms with Crippen LogP contribution in [0.1, 0.15) is 11.1 Å². The van der Waals surface area contributed by atoms with Gasteiger partial charge in [-0.2, -0.15) is 0 Å². The Kier molecular flexibility index (Phi) is 8.80. The van der Waals surface area contributed by atoms with Crippen molar-refractivity contribution in [3.63, 3.8) is 0 Å². The molecule has 0 radical (unpaired) electrons. The topological polar surface area (TPSA) is 18.5 Å². The van der Waals surface area contributed by atoms with E-state index in [4.69, 9.17) is 9.47 Å². The predicted octanol–water partition coefficient (Wildman–Crippen LogP) is 4.87. The van der Waals surface area contributed by atoms with Crippen LogP contribution in [-0.4, -0.2) is 23.1 Å². The predicted molar refractivity (Wildman–Crippen MR) is 110 cm³/mol. The Morgan fingerprint density at radius 2 is 1.17 bits per heavy atom. The van der Waals surface area contributed by atoms with Gasteiger partial charge in [-0.15, -0.1) is 0 Å². The Morgan fingerprint density at radius 3 is 1.44 bits per heavy atom. The summed E-state index contributed by atoms with van der Waals surface area (Å²) < 4.78 is 15.8. The summed E-state index contributed by atoms with van der Waals surface area (Å²) in [7, 11) is 3.51. The van der Waals surface area contributed by atoms with Crippen molar-refractivity contribution >= 4 is 90.4 Å². The Balaban J connectivity index is 3.52. The van der Waals surface area contributed by atoms with E-state index in [1.807, 2.05) is 0 Å². The molecule has 0 aliphatic heterocycles. The molecule has 0 heterocycles. The molecule has 0 unspecified atom stereocenters. The molecule has 0 aliphatic carbocycles. The lowest BCUT2D eigenvalue weighted by Gasteiger charge is -2.19. The third-order valence-electron chi connectivity index (χ3n) is 2.57. The van der Waals surface area contributed by atoms with E-state index >= 15 is 0 Å². The number of hydrogen-bond acceptors (Lipinski definition) is 2. The standard InChI is InChI=1S/C12H14I4O2/c1-17-11-7(3-5-13)9(15)12(18-2)10(16)8(11)4-6-14/h3-6H2,1-2H3. The van der Waals surface area contributed by atoms with Gasteiger partial charge in [0.05, 0.1) is 21.4 Å². The highest BCUT2D eigenvalue weighted by molar-refractivity contribution is 14.1. The highest BCUT2D eigenvalue weighted by Crippen LogP contribution is 2.41. The second kappa shape index (κ2) is 8.90. The Labute approximate surface area is 163 Å². The van der Waals surface area contributed by atoms with Crippen molar-refractivity contribution in [2.24, 2.45) is 0 Å². The monoisotopic (exact) mass is 698 g/mol. The van der Waals surface area contributed by atoms with Crippen molar-refractivity contribution in [2.45, 2.75) is 12.8 Å². The van der Waals surface area contributed by atoms with Crippen LogP contribution in [0.3, 0.4) is 0 Å². The van der Waals surface area contributed by atoms with Gasteiger partial charge in [0.1, 0.15) is 11.5 Å². The Hall–Kier alpha value is 1.74. The molecule has 0 bridgehead atoms. The lowest BCUT2D eigenvalue weighted by molar-refractivity contribution is 0.390. The number of halogens is 4. The fourth-order valence-electron chi connectivity index (χ4n) is 1.81. The maximum atomic E-state index is 5.67. The molecule has 0 saturated heterocycles. The van der Waals surface area contributed by atoms with Crippen molar-refractivity contribution < 1.29 is 9.47 Å². The van der Waals surface area contributed by atoms with Crippen LogP contribution in [0, 0.1) is 7.14 Å². The second-order valence-corrected chi connectivity index (χ2v) is 7.84. The largest absolute Gasteiger partial charge is 0.496 e. The molecule has 2 nitrogen and oxygen atoms in total. The van der Waals surface area contributed by atoms with Gasteiger partial charge in [-0.3, -0.25) is 0 Å². The molecule has 0 spiro atoms. The molecule has 1 rings (SSSR count). The summed E-state index contributed by atoms with van der Waals surface area (Å²) in [5, 5.41) is 0. The zero-order valence-electron chi connectivity index (χ0n) is 10.2. The van der Waals surface area contributed by atoms with E-state index < -0.39 is 0 Å². The first-order chi connectivity index (χ1) is 8.62. The molecule has 1 aromatic rings. The maximum Gasteiger partial charge on any atom is 0.146 e. The Morgan fingerprint density at radius 1 is 0.778 bits per heavy atom. The number of alkyl halides is 2. The van der Waals surface area contributed by atoms with Gasteiger partial charge in [0.15, 0.2) is 0 Å². The normalized spacial score (nSPS) is 10.6. The minimum Gasteiger partial charge on any atom is -0.496 e. The molecule has 0 N–H and O–H groups in total. The fourth-order valence-corrected chi connectivity index (χ4v) is 5.42. The van der Waals surface area contributed by atoms with E-state index in [9.17, 15) is 0 Å². The maximum absolute atomic E-state index is 5.67. The van der Waals surface area contributed by atoms with Gasteiger partial charge >= 0.3 is 0 Å². The molecule has 18 heavy (non-hydrogen) atoms. The minimum absolute atomic E-state index is 0.997. The first-order valence-electron chi connectivity index (χ1n) is 5.34. The molecular formula is C12H14I4O2. The molecule has 0 amide bonds. The van der Waals surface area contributed by atoms with Crippen LogP contribution in [-0.2, 0) is 12.8 Å². The highest BCUT2D eigenvalue weighted by Gasteiger charge is 2.21. The zero-order chi connectivity index (χ0) is 13.7. The van der Waals surface area contributed by atoms with Crippen LogP contribution < -0.4 is 9.47 Å². The minimum atomic E-state index is 0.997. The van der Waals surface area contributed by atoms with Crippen LogP contribution in [0.15, 0.2) is 0 Å². The molecule has 0 fully saturated rings.